The van der Waals surface area contributed by atoms with Crippen molar-refractivity contribution >= 4 is 11.4 Å². The van der Waals surface area contributed by atoms with Crippen LogP contribution in [0.5, 0.6) is 17.2 Å². The summed E-state index contributed by atoms with van der Waals surface area (Å²) in [5, 5.41) is 0. The van der Waals surface area contributed by atoms with Gasteiger partial charge in [0.1, 0.15) is 19.0 Å². The molecule has 4 rings (SSSR count). The standard InChI is InChI=1S/C20H24O8/c1-22-13-5-10(6-14(23-2)18(13)24-3)11-8-26-12-7-15-19(28-9-27-15)20(25-4)16(12)17(11)21/h5-6,8,12,15-16,19-20H,7,9H2,1-4H3. The normalized spacial score (nSPS) is 31.4. The van der Waals surface area contributed by atoms with Gasteiger partial charge >= 0.3 is 0 Å². The van der Waals surface area contributed by atoms with Crippen molar-refractivity contribution < 1.29 is 38.0 Å². The van der Waals surface area contributed by atoms with Crippen LogP contribution in [0.2, 0.25) is 0 Å². The Balaban J connectivity index is 1.71. The van der Waals surface area contributed by atoms with Crippen LogP contribution in [0, 0.1) is 5.92 Å². The Morgan fingerprint density at radius 1 is 0.964 bits per heavy atom. The molecule has 0 amide bonds. The van der Waals surface area contributed by atoms with Crippen LogP contribution in [-0.4, -0.2) is 65.4 Å². The number of Topliss-reactive ketones (excluding diaryl/α,β-unsaturated/α-hetero) is 1. The van der Waals surface area contributed by atoms with Gasteiger partial charge in [-0.25, -0.2) is 0 Å². The molecular formula is C20H24O8. The van der Waals surface area contributed by atoms with Crippen LogP contribution in [0.4, 0.5) is 0 Å². The van der Waals surface area contributed by atoms with Crippen LogP contribution in [-0.2, 0) is 23.7 Å². The summed E-state index contributed by atoms with van der Waals surface area (Å²) in [4.78, 5) is 13.4. The van der Waals surface area contributed by atoms with Gasteiger partial charge in [-0.2, -0.15) is 0 Å². The largest absolute Gasteiger partial charge is 0.496 e. The molecule has 1 aromatic rings. The molecule has 1 saturated carbocycles. The Morgan fingerprint density at radius 3 is 2.29 bits per heavy atom. The second kappa shape index (κ2) is 7.62. The molecule has 5 unspecified atom stereocenters. The van der Waals surface area contributed by atoms with Gasteiger partial charge in [0, 0.05) is 13.5 Å². The first-order valence-corrected chi connectivity index (χ1v) is 9.09. The molecule has 0 N–H and O–H groups in total. The molecule has 152 valence electrons. The SMILES string of the molecule is COc1cc(C2=COC3CC4OCOC4C(OC)C3C2=O)cc(OC)c1OC. The minimum atomic E-state index is -0.480. The molecule has 1 saturated heterocycles. The maximum atomic E-state index is 13.4. The third kappa shape index (κ3) is 2.92. The van der Waals surface area contributed by atoms with E-state index in [4.69, 9.17) is 33.2 Å². The van der Waals surface area contributed by atoms with E-state index in [1.807, 2.05) is 0 Å². The van der Waals surface area contributed by atoms with Gasteiger partial charge in [-0.05, 0) is 17.7 Å². The number of allylic oxidation sites excluding steroid dienone is 1. The molecule has 3 aliphatic rings. The molecule has 0 spiro atoms. The first-order valence-electron chi connectivity index (χ1n) is 9.09. The zero-order valence-corrected chi connectivity index (χ0v) is 16.3. The summed E-state index contributed by atoms with van der Waals surface area (Å²) < 4.78 is 39.1. The summed E-state index contributed by atoms with van der Waals surface area (Å²) in [5.74, 6) is 0.848. The number of carbonyl (C=O) groups excluding carboxylic acids is 1. The van der Waals surface area contributed by atoms with Crippen LogP contribution in [0.15, 0.2) is 18.4 Å². The van der Waals surface area contributed by atoms with E-state index in [9.17, 15) is 4.79 Å². The van der Waals surface area contributed by atoms with E-state index in [0.717, 1.165) is 0 Å². The lowest BCUT2D eigenvalue weighted by Gasteiger charge is -2.43. The fourth-order valence-electron chi connectivity index (χ4n) is 4.29. The Labute approximate surface area is 163 Å². The number of ether oxygens (including phenoxy) is 7. The van der Waals surface area contributed by atoms with Gasteiger partial charge in [0.2, 0.25) is 5.75 Å². The summed E-state index contributed by atoms with van der Waals surface area (Å²) in [6.07, 6.45) is 0.927. The van der Waals surface area contributed by atoms with Crippen molar-refractivity contribution in [3.63, 3.8) is 0 Å². The summed E-state index contributed by atoms with van der Waals surface area (Å²) in [7, 11) is 6.18. The van der Waals surface area contributed by atoms with Gasteiger partial charge in [-0.15, -0.1) is 0 Å². The van der Waals surface area contributed by atoms with Crippen LogP contribution in [0.1, 0.15) is 12.0 Å². The Hall–Kier alpha value is -2.29. The molecule has 1 aromatic carbocycles. The number of hydrogen-bond acceptors (Lipinski definition) is 8. The summed E-state index contributed by atoms with van der Waals surface area (Å²) in [6.45, 7) is 0.204. The number of fused-ring (bicyclic) bond motifs is 2. The van der Waals surface area contributed by atoms with Crippen molar-refractivity contribution in [3.05, 3.63) is 24.0 Å². The third-order valence-corrected chi connectivity index (χ3v) is 5.63. The third-order valence-electron chi connectivity index (χ3n) is 5.63. The van der Waals surface area contributed by atoms with Crippen molar-refractivity contribution in [2.24, 2.45) is 5.92 Å². The highest BCUT2D eigenvalue weighted by atomic mass is 16.7. The van der Waals surface area contributed by atoms with Crippen molar-refractivity contribution in [2.45, 2.75) is 30.8 Å². The zero-order valence-electron chi connectivity index (χ0n) is 16.3. The van der Waals surface area contributed by atoms with E-state index in [1.54, 1.807) is 19.2 Å². The predicted octanol–water partition coefficient (Wildman–Crippen LogP) is 1.80. The van der Waals surface area contributed by atoms with E-state index in [-0.39, 0.29) is 30.9 Å². The average molecular weight is 392 g/mol. The smallest absolute Gasteiger partial charge is 0.203 e. The Bertz CT molecular complexity index is 763. The monoisotopic (exact) mass is 392 g/mol. The van der Waals surface area contributed by atoms with Gasteiger partial charge in [0.25, 0.3) is 0 Å². The minimum absolute atomic E-state index is 0.0636. The van der Waals surface area contributed by atoms with Crippen LogP contribution >= 0.6 is 0 Å². The first kappa shape index (κ1) is 19.0. The zero-order chi connectivity index (χ0) is 19.8. The quantitative estimate of drug-likeness (QED) is 0.750. The number of methoxy groups -OCH3 is 4. The number of carbonyl (C=O) groups is 1. The van der Waals surface area contributed by atoms with Crippen molar-refractivity contribution in [2.75, 3.05) is 35.2 Å². The Morgan fingerprint density at radius 2 is 1.68 bits per heavy atom. The highest BCUT2D eigenvalue weighted by Crippen LogP contribution is 2.44. The summed E-state index contributed by atoms with van der Waals surface area (Å²) in [6, 6.07) is 3.47. The molecule has 8 nitrogen and oxygen atoms in total. The fourth-order valence-corrected chi connectivity index (χ4v) is 4.29. The van der Waals surface area contributed by atoms with E-state index in [0.29, 0.717) is 34.8 Å². The molecule has 0 radical (unpaired) electrons. The Kier molecular flexibility index (Phi) is 5.18. The molecular weight excluding hydrogens is 368 g/mol. The predicted molar refractivity (Wildman–Crippen MR) is 97.5 cm³/mol. The van der Waals surface area contributed by atoms with E-state index in [1.165, 1.54) is 27.6 Å². The molecule has 0 bridgehead atoms. The van der Waals surface area contributed by atoms with Gasteiger partial charge in [-0.1, -0.05) is 0 Å². The van der Waals surface area contributed by atoms with Crippen molar-refractivity contribution in [3.8, 4) is 17.2 Å². The van der Waals surface area contributed by atoms with Gasteiger partial charge in [-0.3, -0.25) is 4.79 Å². The second-order valence-electron chi connectivity index (χ2n) is 6.90. The van der Waals surface area contributed by atoms with E-state index >= 15 is 0 Å². The van der Waals surface area contributed by atoms with E-state index < -0.39 is 12.0 Å². The molecule has 8 heteroatoms. The number of ketones is 1. The lowest BCUT2D eigenvalue weighted by atomic mass is 9.74. The van der Waals surface area contributed by atoms with E-state index in [2.05, 4.69) is 0 Å². The number of benzene rings is 1. The van der Waals surface area contributed by atoms with Crippen LogP contribution in [0.3, 0.4) is 0 Å². The minimum Gasteiger partial charge on any atom is -0.496 e. The van der Waals surface area contributed by atoms with Crippen LogP contribution < -0.4 is 14.2 Å². The van der Waals surface area contributed by atoms with Gasteiger partial charge < -0.3 is 33.2 Å². The molecule has 0 aromatic heterocycles. The molecule has 2 heterocycles. The number of hydrogen-bond donors (Lipinski definition) is 0. The van der Waals surface area contributed by atoms with Gasteiger partial charge in [0.15, 0.2) is 17.3 Å². The maximum Gasteiger partial charge on any atom is 0.203 e. The summed E-state index contributed by atoms with van der Waals surface area (Å²) >= 11 is 0. The maximum absolute atomic E-state index is 13.4. The highest BCUT2D eigenvalue weighted by molar-refractivity contribution is 6.22. The summed E-state index contributed by atoms with van der Waals surface area (Å²) in [5.41, 5.74) is 1.05. The lowest BCUT2D eigenvalue weighted by Crippen LogP contribution is -2.56. The first-order chi connectivity index (χ1) is 13.6. The van der Waals surface area contributed by atoms with Crippen molar-refractivity contribution in [1.29, 1.82) is 0 Å². The molecule has 1 aliphatic carbocycles. The highest BCUT2D eigenvalue weighted by Gasteiger charge is 2.54. The van der Waals surface area contributed by atoms with Crippen molar-refractivity contribution in [1.82, 2.24) is 0 Å². The second-order valence-corrected chi connectivity index (χ2v) is 6.90. The number of rotatable bonds is 5. The fraction of sp³-hybridized carbons (Fsp3) is 0.550. The van der Waals surface area contributed by atoms with Gasteiger partial charge in [0.05, 0.1) is 51.3 Å². The van der Waals surface area contributed by atoms with Crippen LogP contribution in [0.25, 0.3) is 5.57 Å². The lowest BCUT2D eigenvalue weighted by molar-refractivity contribution is -0.151. The molecule has 5 atom stereocenters. The molecule has 28 heavy (non-hydrogen) atoms. The average Bonchev–Trinajstić information content (AvgIpc) is 3.19. The molecule has 2 aliphatic heterocycles. The topological polar surface area (TPSA) is 81.7 Å². The molecule has 2 fully saturated rings.